The van der Waals surface area contributed by atoms with Gasteiger partial charge in [0.1, 0.15) is 0 Å². The second kappa shape index (κ2) is 3.66. The Morgan fingerprint density at radius 1 is 1.33 bits per heavy atom. The predicted octanol–water partition coefficient (Wildman–Crippen LogP) is 2.04. The zero-order valence-electron chi connectivity index (χ0n) is 7.35. The lowest BCUT2D eigenvalue weighted by Crippen LogP contribution is -2.22. The Morgan fingerprint density at radius 2 is 1.75 bits per heavy atom. The Kier molecular flexibility index (Phi) is 3.01. The number of ether oxygens (including phenoxy) is 2. The standard InChI is InChI=1S/C8H14F2O2/c1-3-11-7(12-4-2)6-5-8(6,9)10/h6-7H,3-5H2,1-2H3. The van der Waals surface area contributed by atoms with E-state index in [2.05, 4.69) is 0 Å². The van der Waals surface area contributed by atoms with Crippen molar-refractivity contribution in [1.29, 1.82) is 0 Å². The summed E-state index contributed by atoms with van der Waals surface area (Å²) in [6.07, 6.45) is -0.813. The predicted molar refractivity (Wildman–Crippen MR) is 40.1 cm³/mol. The van der Waals surface area contributed by atoms with E-state index in [1.807, 2.05) is 0 Å². The average molecular weight is 180 g/mol. The molecule has 0 aromatic rings. The van der Waals surface area contributed by atoms with Crippen molar-refractivity contribution in [3.63, 3.8) is 0 Å². The first-order valence-corrected chi connectivity index (χ1v) is 4.22. The molecule has 1 atom stereocenters. The third kappa shape index (κ3) is 2.14. The van der Waals surface area contributed by atoms with Gasteiger partial charge in [0.25, 0.3) is 5.92 Å². The van der Waals surface area contributed by atoms with Gasteiger partial charge in [-0.25, -0.2) is 8.78 Å². The topological polar surface area (TPSA) is 18.5 Å². The van der Waals surface area contributed by atoms with E-state index < -0.39 is 18.1 Å². The molecule has 1 fully saturated rings. The van der Waals surface area contributed by atoms with E-state index in [4.69, 9.17) is 9.47 Å². The van der Waals surface area contributed by atoms with Crippen LogP contribution in [0.5, 0.6) is 0 Å². The van der Waals surface area contributed by atoms with Crippen molar-refractivity contribution >= 4 is 0 Å². The Labute approximate surface area is 70.8 Å². The van der Waals surface area contributed by atoms with Gasteiger partial charge < -0.3 is 9.47 Å². The summed E-state index contributed by atoms with van der Waals surface area (Å²) in [5, 5.41) is 0. The maximum Gasteiger partial charge on any atom is 0.256 e. The third-order valence-electron chi connectivity index (χ3n) is 1.86. The zero-order chi connectivity index (χ0) is 9.19. The summed E-state index contributed by atoms with van der Waals surface area (Å²) in [5.74, 6) is -3.29. The van der Waals surface area contributed by atoms with Crippen LogP contribution in [0.1, 0.15) is 20.3 Å². The molecular formula is C8H14F2O2. The van der Waals surface area contributed by atoms with Crippen molar-refractivity contribution in [3.05, 3.63) is 0 Å². The molecule has 0 aromatic heterocycles. The van der Waals surface area contributed by atoms with Gasteiger partial charge in [0.15, 0.2) is 6.29 Å². The molecule has 0 heterocycles. The average Bonchev–Trinajstić information content (AvgIpc) is 2.60. The molecule has 0 N–H and O–H groups in total. The first-order valence-electron chi connectivity index (χ1n) is 4.22. The number of hydrogen-bond donors (Lipinski definition) is 0. The first kappa shape index (κ1) is 9.86. The van der Waals surface area contributed by atoms with Gasteiger partial charge in [-0.2, -0.15) is 0 Å². The van der Waals surface area contributed by atoms with Crippen LogP contribution in [-0.4, -0.2) is 25.4 Å². The van der Waals surface area contributed by atoms with Gasteiger partial charge in [0.05, 0.1) is 5.92 Å². The van der Waals surface area contributed by atoms with E-state index in [-0.39, 0.29) is 6.42 Å². The molecule has 0 amide bonds. The summed E-state index contributed by atoms with van der Waals surface area (Å²) in [6.45, 7) is 4.37. The van der Waals surface area contributed by atoms with E-state index in [1.165, 1.54) is 0 Å². The summed E-state index contributed by atoms with van der Waals surface area (Å²) in [6, 6.07) is 0. The maximum absolute atomic E-state index is 12.5. The fourth-order valence-electron chi connectivity index (χ4n) is 1.14. The molecule has 0 saturated heterocycles. The molecule has 1 aliphatic rings. The molecule has 0 bridgehead atoms. The van der Waals surface area contributed by atoms with Crippen LogP contribution in [0, 0.1) is 5.92 Å². The van der Waals surface area contributed by atoms with Crippen LogP contribution in [0.3, 0.4) is 0 Å². The molecular weight excluding hydrogens is 166 g/mol. The Bertz CT molecular complexity index is 144. The highest BCUT2D eigenvalue weighted by Gasteiger charge is 2.61. The van der Waals surface area contributed by atoms with E-state index in [9.17, 15) is 8.78 Å². The van der Waals surface area contributed by atoms with Gasteiger partial charge in [0, 0.05) is 19.6 Å². The van der Waals surface area contributed by atoms with Gasteiger partial charge in [-0.1, -0.05) is 0 Å². The summed E-state index contributed by atoms with van der Waals surface area (Å²) >= 11 is 0. The minimum Gasteiger partial charge on any atom is -0.352 e. The van der Waals surface area contributed by atoms with Gasteiger partial charge in [-0.15, -0.1) is 0 Å². The molecule has 0 aliphatic heterocycles. The Morgan fingerprint density at radius 3 is 2.00 bits per heavy atom. The zero-order valence-corrected chi connectivity index (χ0v) is 7.35. The van der Waals surface area contributed by atoms with Crippen LogP contribution < -0.4 is 0 Å². The van der Waals surface area contributed by atoms with Crippen molar-refractivity contribution in [2.75, 3.05) is 13.2 Å². The molecule has 1 unspecified atom stereocenters. The van der Waals surface area contributed by atoms with Gasteiger partial charge in [0.2, 0.25) is 0 Å². The van der Waals surface area contributed by atoms with Crippen LogP contribution in [0.25, 0.3) is 0 Å². The fraction of sp³-hybridized carbons (Fsp3) is 1.00. The summed E-state index contributed by atoms with van der Waals surface area (Å²) in [5.41, 5.74) is 0. The largest absolute Gasteiger partial charge is 0.352 e. The molecule has 0 spiro atoms. The van der Waals surface area contributed by atoms with Crippen molar-refractivity contribution in [2.45, 2.75) is 32.5 Å². The molecule has 1 rings (SSSR count). The second-order valence-electron chi connectivity index (χ2n) is 2.85. The number of hydrogen-bond acceptors (Lipinski definition) is 2. The van der Waals surface area contributed by atoms with Crippen molar-refractivity contribution < 1.29 is 18.3 Å². The fourth-order valence-corrected chi connectivity index (χ4v) is 1.14. The normalized spacial score (nSPS) is 26.2. The monoisotopic (exact) mass is 180 g/mol. The molecule has 1 aliphatic carbocycles. The summed E-state index contributed by atoms with van der Waals surface area (Å²) < 4.78 is 35.1. The third-order valence-corrected chi connectivity index (χ3v) is 1.86. The first-order chi connectivity index (χ1) is 5.61. The number of rotatable bonds is 5. The van der Waals surface area contributed by atoms with Gasteiger partial charge in [-0.3, -0.25) is 0 Å². The highest BCUT2D eigenvalue weighted by atomic mass is 19.3. The highest BCUT2D eigenvalue weighted by molar-refractivity contribution is 4.97. The molecule has 0 radical (unpaired) electrons. The minimum atomic E-state index is -2.56. The second-order valence-corrected chi connectivity index (χ2v) is 2.85. The highest BCUT2D eigenvalue weighted by Crippen LogP contribution is 2.51. The molecule has 1 saturated carbocycles. The lowest BCUT2D eigenvalue weighted by molar-refractivity contribution is -0.162. The van der Waals surface area contributed by atoms with Crippen molar-refractivity contribution in [2.24, 2.45) is 5.92 Å². The van der Waals surface area contributed by atoms with Crippen molar-refractivity contribution in [1.82, 2.24) is 0 Å². The quantitative estimate of drug-likeness (QED) is 0.603. The number of alkyl halides is 2. The summed E-state index contributed by atoms with van der Waals surface area (Å²) in [4.78, 5) is 0. The van der Waals surface area contributed by atoms with Crippen LogP contribution >= 0.6 is 0 Å². The maximum atomic E-state index is 12.5. The molecule has 12 heavy (non-hydrogen) atoms. The lowest BCUT2D eigenvalue weighted by Gasteiger charge is -2.15. The molecule has 2 nitrogen and oxygen atoms in total. The van der Waals surface area contributed by atoms with Crippen molar-refractivity contribution in [3.8, 4) is 0 Å². The minimum absolute atomic E-state index is 0.0995. The van der Waals surface area contributed by atoms with E-state index in [0.717, 1.165) is 0 Å². The molecule has 0 aromatic carbocycles. The van der Waals surface area contributed by atoms with E-state index in [1.54, 1.807) is 13.8 Å². The van der Waals surface area contributed by atoms with Crippen LogP contribution in [-0.2, 0) is 9.47 Å². The van der Waals surface area contributed by atoms with Crippen LogP contribution in [0.4, 0.5) is 8.78 Å². The molecule has 72 valence electrons. The molecule has 4 heteroatoms. The van der Waals surface area contributed by atoms with E-state index in [0.29, 0.717) is 13.2 Å². The smallest absolute Gasteiger partial charge is 0.256 e. The Hall–Kier alpha value is -0.220. The summed E-state index contributed by atoms with van der Waals surface area (Å²) in [7, 11) is 0. The lowest BCUT2D eigenvalue weighted by atomic mass is 10.4. The van der Waals surface area contributed by atoms with Gasteiger partial charge in [-0.05, 0) is 13.8 Å². The SMILES string of the molecule is CCOC(OCC)C1CC1(F)F. The number of halogens is 2. The van der Waals surface area contributed by atoms with E-state index >= 15 is 0 Å². The van der Waals surface area contributed by atoms with Crippen LogP contribution in [0.2, 0.25) is 0 Å². The van der Waals surface area contributed by atoms with Gasteiger partial charge >= 0.3 is 0 Å². The van der Waals surface area contributed by atoms with Crippen LogP contribution in [0.15, 0.2) is 0 Å². The Balaban J connectivity index is 2.34.